The number of benzene rings is 1. The normalized spacial score (nSPS) is 20.1. The standard InChI is InChI=1S/C26H39N5O4/c1-16(20-8-7-13-35-20)27-23-18-14-21(33-5)22(34-6)15-19(18)28-25(29-23)31-11-9-17(10-12-31)24(32)30-26(2,3)4/h14-17,20H,7-13H2,1-6H3,(H,30,32)(H,27,28,29). The van der Waals surface area contributed by atoms with Gasteiger partial charge in [0.15, 0.2) is 11.5 Å². The first-order valence-electron chi connectivity index (χ1n) is 12.6. The highest BCUT2D eigenvalue weighted by Gasteiger charge is 2.29. The third kappa shape index (κ3) is 5.89. The van der Waals surface area contributed by atoms with Gasteiger partial charge < -0.3 is 29.7 Å². The Balaban J connectivity index is 1.61. The molecule has 2 fully saturated rings. The van der Waals surface area contributed by atoms with Crippen molar-refractivity contribution >= 4 is 28.6 Å². The predicted octanol–water partition coefficient (Wildman–Crippen LogP) is 3.76. The molecule has 35 heavy (non-hydrogen) atoms. The van der Waals surface area contributed by atoms with Crippen molar-refractivity contribution in [1.29, 1.82) is 0 Å². The molecule has 2 N–H and O–H groups in total. The zero-order valence-electron chi connectivity index (χ0n) is 21.8. The number of carbonyl (C=O) groups excluding carboxylic acids is 1. The van der Waals surface area contributed by atoms with Gasteiger partial charge in [-0.05, 0) is 59.4 Å². The Bertz CT molecular complexity index is 1040. The zero-order chi connectivity index (χ0) is 25.2. The van der Waals surface area contributed by atoms with E-state index in [-0.39, 0.29) is 29.5 Å². The molecule has 0 spiro atoms. The molecule has 192 valence electrons. The fourth-order valence-corrected chi connectivity index (χ4v) is 4.81. The van der Waals surface area contributed by atoms with E-state index in [4.69, 9.17) is 24.2 Å². The van der Waals surface area contributed by atoms with Crippen LogP contribution in [-0.2, 0) is 9.53 Å². The minimum Gasteiger partial charge on any atom is -0.493 e. The molecular formula is C26H39N5O4. The summed E-state index contributed by atoms with van der Waals surface area (Å²) in [5.41, 5.74) is 0.554. The number of carbonyl (C=O) groups is 1. The monoisotopic (exact) mass is 485 g/mol. The third-order valence-corrected chi connectivity index (χ3v) is 6.72. The van der Waals surface area contributed by atoms with Crippen molar-refractivity contribution < 1.29 is 19.0 Å². The van der Waals surface area contributed by atoms with Gasteiger partial charge in [-0.25, -0.2) is 4.98 Å². The Morgan fingerprint density at radius 3 is 2.40 bits per heavy atom. The van der Waals surface area contributed by atoms with E-state index >= 15 is 0 Å². The molecule has 0 bridgehead atoms. The topological polar surface area (TPSA) is 97.8 Å². The minimum atomic E-state index is -0.226. The van der Waals surface area contributed by atoms with Gasteiger partial charge in [-0.1, -0.05) is 0 Å². The van der Waals surface area contributed by atoms with Gasteiger partial charge in [0, 0.05) is 42.6 Å². The number of anilines is 2. The molecule has 9 heteroatoms. The number of rotatable bonds is 7. The molecule has 1 aromatic heterocycles. The van der Waals surface area contributed by atoms with Crippen molar-refractivity contribution in [3.63, 3.8) is 0 Å². The number of nitrogens with zero attached hydrogens (tertiary/aromatic N) is 3. The average Bonchev–Trinajstić information content (AvgIpc) is 3.37. The first-order chi connectivity index (χ1) is 16.7. The van der Waals surface area contributed by atoms with E-state index in [1.807, 2.05) is 32.9 Å². The number of piperidine rings is 1. The number of hydrogen-bond acceptors (Lipinski definition) is 8. The summed E-state index contributed by atoms with van der Waals surface area (Å²) in [4.78, 5) is 24.7. The number of hydrogen-bond donors (Lipinski definition) is 2. The predicted molar refractivity (Wildman–Crippen MR) is 138 cm³/mol. The summed E-state index contributed by atoms with van der Waals surface area (Å²) in [5.74, 6) is 2.80. The number of nitrogens with one attached hydrogen (secondary N) is 2. The van der Waals surface area contributed by atoms with Crippen LogP contribution in [0.5, 0.6) is 11.5 Å². The van der Waals surface area contributed by atoms with E-state index in [1.165, 1.54) is 0 Å². The molecule has 9 nitrogen and oxygen atoms in total. The van der Waals surface area contributed by atoms with Gasteiger partial charge in [-0.3, -0.25) is 4.79 Å². The highest BCUT2D eigenvalue weighted by Crippen LogP contribution is 2.36. The quantitative estimate of drug-likeness (QED) is 0.612. The van der Waals surface area contributed by atoms with Crippen molar-refractivity contribution in [3.8, 4) is 11.5 Å². The lowest BCUT2D eigenvalue weighted by Gasteiger charge is -2.33. The van der Waals surface area contributed by atoms with E-state index in [0.717, 1.165) is 62.1 Å². The Morgan fingerprint density at radius 2 is 1.80 bits per heavy atom. The third-order valence-electron chi connectivity index (χ3n) is 6.72. The van der Waals surface area contributed by atoms with Gasteiger partial charge in [0.1, 0.15) is 5.82 Å². The van der Waals surface area contributed by atoms with E-state index in [0.29, 0.717) is 17.4 Å². The van der Waals surface area contributed by atoms with E-state index in [2.05, 4.69) is 22.5 Å². The number of fused-ring (bicyclic) bond motifs is 1. The second kappa shape index (κ2) is 10.4. The molecule has 2 aliphatic rings. The van der Waals surface area contributed by atoms with Crippen LogP contribution in [0.4, 0.5) is 11.8 Å². The molecule has 0 aliphatic carbocycles. The Labute approximate surface area is 207 Å². The summed E-state index contributed by atoms with van der Waals surface area (Å²) in [5, 5.41) is 7.57. The summed E-state index contributed by atoms with van der Waals surface area (Å²) in [6, 6.07) is 3.92. The second-order valence-corrected chi connectivity index (χ2v) is 10.6. The molecule has 4 rings (SSSR count). The molecule has 3 heterocycles. The molecule has 0 saturated carbocycles. The van der Waals surface area contributed by atoms with Gasteiger partial charge >= 0.3 is 0 Å². The number of ether oxygens (including phenoxy) is 3. The summed E-state index contributed by atoms with van der Waals surface area (Å²) >= 11 is 0. The Morgan fingerprint density at radius 1 is 1.11 bits per heavy atom. The van der Waals surface area contributed by atoms with Crippen LogP contribution in [0.2, 0.25) is 0 Å². The SMILES string of the molecule is COc1cc2nc(N3CCC(C(=O)NC(C)(C)C)CC3)nc(NC(C)C3CCCO3)c2cc1OC. The number of amides is 1. The summed E-state index contributed by atoms with van der Waals surface area (Å²) < 4.78 is 17.0. The van der Waals surface area contributed by atoms with Crippen molar-refractivity contribution in [1.82, 2.24) is 15.3 Å². The number of methoxy groups -OCH3 is 2. The largest absolute Gasteiger partial charge is 0.493 e. The van der Waals surface area contributed by atoms with Crippen LogP contribution >= 0.6 is 0 Å². The first kappa shape index (κ1) is 25.3. The van der Waals surface area contributed by atoms with Crippen molar-refractivity contribution in [3.05, 3.63) is 12.1 Å². The van der Waals surface area contributed by atoms with Gasteiger partial charge in [0.05, 0.1) is 31.9 Å². The van der Waals surface area contributed by atoms with Crippen LogP contribution in [0.1, 0.15) is 53.4 Å². The maximum atomic E-state index is 12.7. The van der Waals surface area contributed by atoms with Gasteiger partial charge in [0.25, 0.3) is 0 Å². The average molecular weight is 486 g/mol. The van der Waals surface area contributed by atoms with Crippen LogP contribution in [0.3, 0.4) is 0 Å². The van der Waals surface area contributed by atoms with Crippen LogP contribution in [-0.4, -0.2) is 67.5 Å². The summed E-state index contributed by atoms with van der Waals surface area (Å²) in [6.45, 7) is 10.4. The van der Waals surface area contributed by atoms with E-state index in [1.54, 1.807) is 14.2 Å². The van der Waals surface area contributed by atoms with E-state index < -0.39 is 0 Å². The Kier molecular flexibility index (Phi) is 7.54. The highest BCUT2D eigenvalue weighted by molar-refractivity contribution is 5.93. The molecule has 2 unspecified atom stereocenters. The summed E-state index contributed by atoms with van der Waals surface area (Å²) in [7, 11) is 3.25. The smallest absolute Gasteiger partial charge is 0.227 e. The fourth-order valence-electron chi connectivity index (χ4n) is 4.81. The minimum absolute atomic E-state index is 0.00687. The van der Waals surface area contributed by atoms with Crippen LogP contribution < -0.4 is 25.0 Å². The second-order valence-electron chi connectivity index (χ2n) is 10.6. The van der Waals surface area contributed by atoms with Gasteiger partial charge in [-0.15, -0.1) is 0 Å². The van der Waals surface area contributed by atoms with E-state index in [9.17, 15) is 4.79 Å². The molecule has 1 aromatic carbocycles. The van der Waals surface area contributed by atoms with Crippen LogP contribution in [0, 0.1) is 5.92 Å². The lowest BCUT2D eigenvalue weighted by atomic mass is 9.94. The van der Waals surface area contributed by atoms with Crippen molar-refractivity contribution in [2.45, 2.75) is 71.1 Å². The molecule has 2 saturated heterocycles. The van der Waals surface area contributed by atoms with Gasteiger partial charge in [0.2, 0.25) is 11.9 Å². The first-order valence-corrected chi connectivity index (χ1v) is 12.6. The highest BCUT2D eigenvalue weighted by atomic mass is 16.5. The Hall–Kier alpha value is -2.81. The number of aromatic nitrogens is 2. The fraction of sp³-hybridized carbons (Fsp3) is 0.654. The lowest BCUT2D eigenvalue weighted by Crippen LogP contribution is -2.47. The molecule has 2 atom stereocenters. The van der Waals surface area contributed by atoms with Crippen LogP contribution in [0.15, 0.2) is 12.1 Å². The maximum absolute atomic E-state index is 12.7. The van der Waals surface area contributed by atoms with Crippen LogP contribution in [0.25, 0.3) is 10.9 Å². The molecule has 1 amide bonds. The maximum Gasteiger partial charge on any atom is 0.227 e. The zero-order valence-corrected chi connectivity index (χ0v) is 21.8. The lowest BCUT2D eigenvalue weighted by molar-refractivity contribution is -0.127. The van der Waals surface area contributed by atoms with Gasteiger partial charge in [-0.2, -0.15) is 4.98 Å². The van der Waals surface area contributed by atoms with Crippen molar-refractivity contribution in [2.75, 3.05) is 44.1 Å². The molecule has 2 aromatic rings. The van der Waals surface area contributed by atoms with Crippen molar-refractivity contribution in [2.24, 2.45) is 5.92 Å². The summed E-state index contributed by atoms with van der Waals surface area (Å²) in [6.07, 6.45) is 3.80. The molecule has 2 aliphatic heterocycles. The molecule has 0 radical (unpaired) electrons. The molecular weight excluding hydrogens is 446 g/mol.